The zero-order chi connectivity index (χ0) is 14.4. The Labute approximate surface area is 115 Å². The Morgan fingerprint density at radius 1 is 1.32 bits per heavy atom. The summed E-state index contributed by atoms with van der Waals surface area (Å²) in [4.78, 5) is 24.3. The van der Waals surface area contributed by atoms with Gasteiger partial charge in [-0.25, -0.2) is 0 Å². The van der Waals surface area contributed by atoms with Gasteiger partial charge in [-0.05, 0) is 32.6 Å². The second-order valence-electron chi connectivity index (χ2n) is 5.69. The zero-order valence-electron chi connectivity index (χ0n) is 12.2. The van der Waals surface area contributed by atoms with E-state index in [2.05, 4.69) is 5.32 Å². The fourth-order valence-electron chi connectivity index (χ4n) is 2.01. The van der Waals surface area contributed by atoms with E-state index in [9.17, 15) is 9.59 Å². The smallest absolute Gasteiger partial charge is 0.306 e. The Bertz CT molecular complexity index is 316. The van der Waals surface area contributed by atoms with E-state index < -0.39 is 5.97 Å². The maximum atomic E-state index is 11.8. The molecule has 19 heavy (non-hydrogen) atoms. The fourth-order valence-corrected chi connectivity index (χ4v) is 2.01. The average Bonchev–Trinajstić information content (AvgIpc) is 3.18. The number of aliphatic carboxylic acids is 1. The van der Waals surface area contributed by atoms with Crippen LogP contribution in [0.15, 0.2) is 0 Å². The summed E-state index contributed by atoms with van der Waals surface area (Å²) in [5.74, 6) is -0.870. The van der Waals surface area contributed by atoms with E-state index in [-0.39, 0.29) is 17.9 Å². The summed E-state index contributed by atoms with van der Waals surface area (Å²) in [5, 5.41) is 12.0. The molecular weight excluding hydrogens is 244 g/mol. The van der Waals surface area contributed by atoms with Crippen molar-refractivity contribution in [3.8, 4) is 0 Å². The van der Waals surface area contributed by atoms with Crippen LogP contribution in [-0.4, -0.2) is 47.6 Å². The lowest BCUT2D eigenvalue weighted by Crippen LogP contribution is -2.40. The number of carbonyl (C=O) groups excluding carboxylic acids is 1. The summed E-state index contributed by atoms with van der Waals surface area (Å²) >= 11 is 0. The van der Waals surface area contributed by atoms with Gasteiger partial charge in [-0.1, -0.05) is 13.3 Å². The lowest BCUT2D eigenvalue weighted by molar-refractivity contribution is -0.141. The van der Waals surface area contributed by atoms with E-state index >= 15 is 0 Å². The highest BCUT2D eigenvalue weighted by Gasteiger charge is 2.29. The number of nitrogens with zero attached hydrogens (tertiary/aromatic N) is 1. The molecule has 5 nitrogen and oxygen atoms in total. The van der Waals surface area contributed by atoms with Gasteiger partial charge in [0.2, 0.25) is 5.91 Å². The summed E-state index contributed by atoms with van der Waals surface area (Å²) in [7, 11) is 1.86. The minimum Gasteiger partial charge on any atom is -0.481 e. The van der Waals surface area contributed by atoms with Gasteiger partial charge >= 0.3 is 5.97 Å². The third-order valence-electron chi connectivity index (χ3n) is 3.79. The van der Waals surface area contributed by atoms with Crippen molar-refractivity contribution in [3.05, 3.63) is 0 Å². The molecule has 1 fully saturated rings. The van der Waals surface area contributed by atoms with Gasteiger partial charge in [-0.15, -0.1) is 0 Å². The number of hydrogen-bond donors (Lipinski definition) is 2. The third kappa shape index (κ3) is 6.05. The van der Waals surface area contributed by atoms with Crippen molar-refractivity contribution in [2.24, 2.45) is 5.92 Å². The number of carboxylic acids is 1. The molecule has 1 rings (SSSR count). The molecule has 110 valence electrons. The molecule has 1 amide bonds. The van der Waals surface area contributed by atoms with Crippen LogP contribution < -0.4 is 5.32 Å². The van der Waals surface area contributed by atoms with E-state index in [1.54, 1.807) is 6.92 Å². The summed E-state index contributed by atoms with van der Waals surface area (Å²) in [6.07, 6.45) is 4.72. The van der Waals surface area contributed by atoms with Crippen LogP contribution >= 0.6 is 0 Å². The SMILES string of the molecule is CC(CCCC(C)C(=O)O)NCC(=O)N(C)C1CC1. The molecule has 0 spiro atoms. The molecule has 1 aliphatic rings. The van der Waals surface area contributed by atoms with Gasteiger partial charge in [0.1, 0.15) is 0 Å². The van der Waals surface area contributed by atoms with Crippen molar-refractivity contribution in [2.75, 3.05) is 13.6 Å². The summed E-state index contributed by atoms with van der Waals surface area (Å²) < 4.78 is 0. The first kappa shape index (κ1) is 16.0. The van der Waals surface area contributed by atoms with E-state index in [4.69, 9.17) is 5.11 Å². The Kier molecular flexibility index (Phi) is 6.28. The van der Waals surface area contributed by atoms with Gasteiger partial charge in [0, 0.05) is 19.1 Å². The van der Waals surface area contributed by atoms with Gasteiger partial charge in [0.15, 0.2) is 0 Å². The largest absolute Gasteiger partial charge is 0.481 e. The predicted octanol–water partition coefficient (Wildman–Crippen LogP) is 1.48. The maximum absolute atomic E-state index is 11.8. The molecule has 2 unspecified atom stereocenters. The number of carbonyl (C=O) groups is 2. The number of likely N-dealkylation sites (N-methyl/N-ethyl adjacent to an activating group) is 1. The van der Waals surface area contributed by atoms with Crippen LogP contribution in [0.5, 0.6) is 0 Å². The van der Waals surface area contributed by atoms with Crippen LogP contribution in [0.3, 0.4) is 0 Å². The highest BCUT2D eigenvalue weighted by atomic mass is 16.4. The molecule has 5 heteroatoms. The summed E-state index contributed by atoms with van der Waals surface area (Å²) in [6.45, 7) is 4.15. The van der Waals surface area contributed by atoms with Crippen LogP contribution in [0, 0.1) is 5.92 Å². The lowest BCUT2D eigenvalue weighted by Gasteiger charge is -2.19. The average molecular weight is 270 g/mol. The van der Waals surface area contributed by atoms with Crippen LogP contribution in [0.25, 0.3) is 0 Å². The van der Waals surface area contributed by atoms with E-state index in [1.165, 1.54) is 0 Å². The number of rotatable bonds is 9. The minimum atomic E-state index is -0.734. The van der Waals surface area contributed by atoms with Gasteiger partial charge in [0.25, 0.3) is 0 Å². The molecule has 0 bridgehead atoms. The van der Waals surface area contributed by atoms with E-state index in [1.807, 2.05) is 18.9 Å². The van der Waals surface area contributed by atoms with Crippen LogP contribution in [0.1, 0.15) is 46.0 Å². The molecule has 1 saturated carbocycles. The maximum Gasteiger partial charge on any atom is 0.306 e. The normalized spacial score (nSPS) is 17.8. The minimum absolute atomic E-state index is 0.147. The third-order valence-corrected chi connectivity index (χ3v) is 3.79. The zero-order valence-corrected chi connectivity index (χ0v) is 12.2. The second-order valence-corrected chi connectivity index (χ2v) is 5.69. The first-order chi connectivity index (χ1) is 8.91. The molecule has 0 radical (unpaired) electrons. The summed E-state index contributed by atoms with van der Waals surface area (Å²) in [6, 6.07) is 0.707. The molecule has 2 N–H and O–H groups in total. The molecule has 1 aliphatic carbocycles. The standard InChI is InChI=1S/C14H26N2O3/c1-10(14(18)19)5-4-6-11(2)15-9-13(17)16(3)12-7-8-12/h10-12,15H,4-9H2,1-3H3,(H,18,19). The van der Waals surface area contributed by atoms with Crippen molar-refractivity contribution in [2.45, 2.75) is 58.0 Å². The number of carboxylic acid groups (broad SMARTS) is 1. The van der Waals surface area contributed by atoms with E-state index in [0.29, 0.717) is 19.0 Å². The topological polar surface area (TPSA) is 69.6 Å². The van der Waals surface area contributed by atoms with Gasteiger partial charge < -0.3 is 15.3 Å². The molecule has 2 atom stereocenters. The monoisotopic (exact) mass is 270 g/mol. The van der Waals surface area contributed by atoms with Crippen LogP contribution in [-0.2, 0) is 9.59 Å². The van der Waals surface area contributed by atoms with Crippen molar-refractivity contribution >= 4 is 11.9 Å². The van der Waals surface area contributed by atoms with Gasteiger partial charge in [-0.2, -0.15) is 0 Å². The first-order valence-corrected chi connectivity index (χ1v) is 7.13. The Hall–Kier alpha value is -1.10. The Balaban J connectivity index is 2.08. The van der Waals surface area contributed by atoms with Crippen LogP contribution in [0.2, 0.25) is 0 Å². The molecule has 0 aromatic carbocycles. The predicted molar refractivity (Wildman–Crippen MR) is 73.9 cm³/mol. The Morgan fingerprint density at radius 2 is 1.95 bits per heavy atom. The van der Waals surface area contributed by atoms with Crippen molar-refractivity contribution in [3.63, 3.8) is 0 Å². The molecule has 0 heterocycles. The number of amides is 1. The molecule has 0 aromatic rings. The second kappa shape index (κ2) is 7.48. The molecule has 0 saturated heterocycles. The molecule has 0 aromatic heterocycles. The highest BCUT2D eigenvalue weighted by molar-refractivity contribution is 5.78. The summed E-state index contributed by atoms with van der Waals surface area (Å²) in [5.41, 5.74) is 0. The van der Waals surface area contributed by atoms with Gasteiger partial charge in [-0.3, -0.25) is 9.59 Å². The quantitative estimate of drug-likeness (QED) is 0.666. The van der Waals surface area contributed by atoms with E-state index in [0.717, 1.165) is 25.7 Å². The highest BCUT2D eigenvalue weighted by Crippen LogP contribution is 2.25. The van der Waals surface area contributed by atoms with Crippen molar-refractivity contribution in [1.82, 2.24) is 10.2 Å². The number of nitrogens with one attached hydrogen (secondary N) is 1. The fraction of sp³-hybridized carbons (Fsp3) is 0.857. The van der Waals surface area contributed by atoms with Crippen molar-refractivity contribution < 1.29 is 14.7 Å². The van der Waals surface area contributed by atoms with Crippen molar-refractivity contribution in [1.29, 1.82) is 0 Å². The lowest BCUT2D eigenvalue weighted by atomic mass is 10.0. The van der Waals surface area contributed by atoms with Gasteiger partial charge in [0.05, 0.1) is 12.5 Å². The number of hydrogen-bond acceptors (Lipinski definition) is 3. The Morgan fingerprint density at radius 3 is 2.47 bits per heavy atom. The van der Waals surface area contributed by atoms with Crippen LogP contribution in [0.4, 0.5) is 0 Å². The molecular formula is C14H26N2O3. The first-order valence-electron chi connectivity index (χ1n) is 7.13. The molecule has 0 aliphatic heterocycles.